The molecule has 1 fully saturated rings. The van der Waals surface area contributed by atoms with Gasteiger partial charge in [0.25, 0.3) is 0 Å². The summed E-state index contributed by atoms with van der Waals surface area (Å²) in [5.74, 6) is 1.75. The predicted octanol–water partition coefficient (Wildman–Crippen LogP) is 2.41. The average Bonchev–Trinajstić information content (AvgIpc) is 2.94. The molecule has 0 aliphatic carbocycles. The number of para-hydroxylation sites is 1. The summed E-state index contributed by atoms with van der Waals surface area (Å²) >= 11 is 0. The fourth-order valence-corrected chi connectivity index (χ4v) is 3.24. The van der Waals surface area contributed by atoms with Gasteiger partial charge in [-0.2, -0.15) is 0 Å². The Morgan fingerprint density at radius 2 is 2.24 bits per heavy atom. The van der Waals surface area contributed by atoms with Gasteiger partial charge in [-0.15, -0.1) is 0 Å². The maximum atomic E-state index is 12.2. The van der Waals surface area contributed by atoms with Crippen LogP contribution in [0.2, 0.25) is 0 Å². The van der Waals surface area contributed by atoms with E-state index in [-0.39, 0.29) is 11.9 Å². The Morgan fingerprint density at radius 1 is 1.33 bits per heavy atom. The summed E-state index contributed by atoms with van der Waals surface area (Å²) in [6, 6.07) is 8.14. The Balaban J connectivity index is 1.57. The number of benzene rings is 1. The normalized spacial score (nSPS) is 24.8. The molecule has 0 bridgehead atoms. The zero-order chi connectivity index (χ0) is 14.5. The van der Waals surface area contributed by atoms with Crippen molar-refractivity contribution in [3.8, 4) is 5.75 Å². The van der Waals surface area contributed by atoms with Crippen LogP contribution in [0.3, 0.4) is 0 Å². The van der Waals surface area contributed by atoms with Crippen molar-refractivity contribution in [2.75, 3.05) is 19.7 Å². The highest BCUT2D eigenvalue weighted by atomic mass is 16.5. The van der Waals surface area contributed by atoms with Gasteiger partial charge in [0.15, 0.2) is 0 Å². The fraction of sp³-hybridized carbons (Fsp3) is 0.588. The largest absolute Gasteiger partial charge is 0.493 e. The minimum Gasteiger partial charge on any atom is -0.493 e. The van der Waals surface area contributed by atoms with E-state index >= 15 is 0 Å². The number of hydrogen-bond donors (Lipinski definition) is 2. The number of nitrogens with one attached hydrogen (secondary N) is 2. The van der Waals surface area contributed by atoms with E-state index in [1.165, 1.54) is 6.42 Å². The number of rotatable bonds is 4. The van der Waals surface area contributed by atoms with Gasteiger partial charge in [-0.25, -0.2) is 0 Å². The van der Waals surface area contributed by atoms with Gasteiger partial charge < -0.3 is 15.4 Å². The SMILES string of the molecule is O=C(CCC1CCNC1)NC1CCCOc2ccccc21. The third-order valence-corrected chi connectivity index (χ3v) is 4.47. The van der Waals surface area contributed by atoms with E-state index in [1.54, 1.807) is 0 Å². The molecule has 2 unspecified atom stereocenters. The highest BCUT2D eigenvalue weighted by Crippen LogP contribution is 2.31. The van der Waals surface area contributed by atoms with Crippen molar-refractivity contribution in [1.82, 2.24) is 10.6 Å². The van der Waals surface area contributed by atoms with Gasteiger partial charge in [0.1, 0.15) is 5.75 Å². The van der Waals surface area contributed by atoms with Crippen LogP contribution in [-0.4, -0.2) is 25.6 Å². The van der Waals surface area contributed by atoms with Crippen molar-refractivity contribution < 1.29 is 9.53 Å². The second-order valence-electron chi connectivity index (χ2n) is 6.05. The average molecular weight is 288 g/mol. The summed E-state index contributed by atoms with van der Waals surface area (Å²) < 4.78 is 5.74. The monoisotopic (exact) mass is 288 g/mol. The molecule has 0 aromatic heterocycles. The number of ether oxygens (including phenoxy) is 1. The first-order valence-corrected chi connectivity index (χ1v) is 8.05. The molecule has 1 aromatic carbocycles. The predicted molar refractivity (Wildman–Crippen MR) is 82.3 cm³/mol. The highest BCUT2D eigenvalue weighted by Gasteiger charge is 2.22. The number of amides is 1. The molecule has 2 aliphatic rings. The van der Waals surface area contributed by atoms with Gasteiger partial charge in [0, 0.05) is 12.0 Å². The summed E-state index contributed by atoms with van der Waals surface area (Å²) in [6.45, 7) is 2.89. The zero-order valence-electron chi connectivity index (χ0n) is 12.4. The first kappa shape index (κ1) is 14.4. The van der Waals surface area contributed by atoms with E-state index in [4.69, 9.17) is 4.74 Å². The summed E-state index contributed by atoms with van der Waals surface area (Å²) in [7, 11) is 0. The first-order chi connectivity index (χ1) is 10.3. The standard InChI is InChI=1S/C17H24N2O2/c20-17(8-7-13-9-10-18-12-13)19-15-5-3-11-21-16-6-2-1-4-14(15)16/h1-2,4,6,13,15,18H,3,5,7-12H2,(H,19,20). The summed E-state index contributed by atoms with van der Waals surface area (Å²) in [5, 5.41) is 6.55. The molecular formula is C17H24N2O2. The second kappa shape index (κ2) is 6.94. The zero-order valence-corrected chi connectivity index (χ0v) is 12.4. The minimum atomic E-state index is 0.0953. The van der Waals surface area contributed by atoms with Crippen LogP contribution in [0.4, 0.5) is 0 Å². The molecule has 0 saturated carbocycles. The van der Waals surface area contributed by atoms with Crippen LogP contribution < -0.4 is 15.4 Å². The van der Waals surface area contributed by atoms with Crippen LogP contribution in [0.1, 0.15) is 43.7 Å². The Labute approximate surface area is 126 Å². The highest BCUT2D eigenvalue weighted by molar-refractivity contribution is 5.76. The molecule has 4 nitrogen and oxygen atoms in total. The number of carbonyl (C=O) groups excluding carboxylic acids is 1. The molecule has 0 radical (unpaired) electrons. The van der Waals surface area contributed by atoms with Gasteiger partial charge in [0.2, 0.25) is 5.91 Å². The van der Waals surface area contributed by atoms with Gasteiger partial charge >= 0.3 is 0 Å². The van der Waals surface area contributed by atoms with E-state index in [0.717, 1.165) is 50.3 Å². The third-order valence-electron chi connectivity index (χ3n) is 4.47. The minimum absolute atomic E-state index is 0.0953. The first-order valence-electron chi connectivity index (χ1n) is 8.05. The lowest BCUT2D eigenvalue weighted by Crippen LogP contribution is -2.28. The topological polar surface area (TPSA) is 50.4 Å². The van der Waals surface area contributed by atoms with Crippen LogP contribution in [-0.2, 0) is 4.79 Å². The van der Waals surface area contributed by atoms with Crippen LogP contribution in [0.25, 0.3) is 0 Å². The maximum absolute atomic E-state index is 12.2. The number of carbonyl (C=O) groups is 1. The maximum Gasteiger partial charge on any atom is 0.220 e. The molecule has 1 amide bonds. The molecule has 1 aromatic rings. The lowest BCUT2D eigenvalue weighted by molar-refractivity contribution is -0.122. The fourth-order valence-electron chi connectivity index (χ4n) is 3.24. The summed E-state index contributed by atoms with van der Waals surface area (Å²) in [4.78, 5) is 12.2. The van der Waals surface area contributed by atoms with Crippen molar-refractivity contribution in [1.29, 1.82) is 0 Å². The Bertz CT molecular complexity index is 483. The Kier molecular flexibility index (Phi) is 4.76. The van der Waals surface area contributed by atoms with E-state index in [1.807, 2.05) is 18.2 Å². The van der Waals surface area contributed by atoms with Crippen molar-refractivity contribution >= 4 is 5.91 Å². The van der Waals surface area contributed by atoms with Crippen LogP contribution in [0, 0.1) is 5.92 Å². The number of fused-ring (bicyclic) bond motifs is 1. The molecule has 1 saturated heterocycles. The van der Waals surface area contributed by atoms with Crippen molar-refractivity contribution in [2.24, 2.45) is 5.92 Å². The van der Waals surface area contributed by atoms with Crippen LogP contribution >= 0.6 is 0 Å². The lowest BCUT2D eigenvalue weighted by atomic mass is 10.00. The molecular weight excluding hydrogens is 264 g/mol. The van der Waals surface area contributed by atoms with Crippen molar-refractivity contribution in [3.05, 3.63) is 29.8 Å². The molecule has 4 heteroatoms. The third kappa shape index (κ3) is 3.76. The van der Waals surface area contributed by atoms with E-state index in [9.17, 15) is 4.79 Å². The van der Waals surface area contributed by atoms with Gasteiger partial charge in [-0.1, -0.05) is 18.2 Å². The molecule has 2 heterocycles. The molecule has 21 heavy (non-hydrogen) atoms. The van der Waals surface area contributed by atoms with Crippen LogP contribution in [0.5, 0.6) is 5.75 Å². The Morgan fingerprint density at radius 3 is 3.10 bits per heavy atom. The molecule has 2 aliphatic heterocycles. The van der Waals surface area contributed by atoms with E-state index in [0.29, 0.717) is 12.3 Å². The van der Waals surface area contributed by atoms with Gasteiger partial charge in [-0.3, -0.25) is 4.79 Å². The van der Waals surface area contributed by atoms with E-state index in [2.05, 4.69) is 16.7 Å². The molecule has 0 spiro atoms. The number of hydrogen-bond acceptors (Lipinski definition) is 3. The molecule has 2 atom stereocenters. The quantitative estimate of drug-likeness (QED) is 0.894. The van der Waals surface area contributed by atoms with Gasteiger partial charge in [0.05, 0.1) is 12.6 Å². The van der Waals surface area contributed by atoms with Gasteiger partial charge in [-0.05, 0) is 50.8 Å². The molecule has 3 rings (SSSR count). The summed E-state index contributed by atoms with van der Waals surface area (Å²) in [5.41, 5.74) is 1.12. The molecule has 2 N–H and O–H groups in total. The summed E-state index contributed by atoms with van der Waals surface area (Å²) in [6.07, 6.45) is 4.75. The smallest absolute Gasteiger partial charge is 0.220 e. The van der Waals surface area contributed by atoms with E-state index < -0.39 is 0 Å². The second-order valence-corrected chi connectivity index (χ2v) is 6.05. The van der Waals surface area contributed by atoms with Crippen molar-refractivity contribution in [2.45, 2.75) is 38.1 Å². The Hall–Kier alpha value is -1.55. The lowest BCUT2D eigenvalue weighted by Gasteiger charge is -2.19. The van der Waals surface area contributed by atoms with Crippen molar-refractivity contribution in [3.63, 3.8) is 0 Å². The molecule has 114 valence electrons. The van der Waals surface area contributed by atoms with Crippen LogP contribution in [0.15, 0.2) is 24.3 Å².